The molecule has 0 aromatic heterocycles. The van der Waals surface area contributed by atoms with Gasteiger partial charge in [-0.25, -0.2) is 0 Å². The lowest BCUT2D eigenvalue weighted by molar-refractivity contribution is 0.176. The quantitative estimate of drug-likeness (QED) is 0.671. The molecule has 1 N–H and O–H groups in total. The largest absolute Gasteiger partial charge is 0.385 e. The van der Waals surface area contributed by atoms with Gasteiger partial charge in [0.15, 0.2) is 0 Å². The van der Waals surface area contributed by atoms with Gasteiger partial charge in [-0.1, -0.05) is 38.1 Å². The van der Waals surface area contributed by atoms with Crippen molar-refractivity contribution in [3.63, 3.8) is 0 Å². The molecular weight excluding hydrogens is 260 g/mol. The van der Waals surface area contributed by atoms with Gasteiger partial charge in [0.05, 0.1) is 0 Å². The van der Waals surface area contributed by atoms with Gasteiger partial charge in [0.2, 0.25) is 0 Å². The fourth-order valence-corrected chi connectivity index (χ4v) is 2.60. The summed E-state index contributed by atoms with van der Waals surface area (Å²) in [6.07, 6.45) is 2.23. The van der Waals surface area contributed by atoms with Crippen LogP contribution in [0.1, 0.15) is 37.4 Å². The lowest BCUT2D eigenvalue weighted by Gasteiger charge is -2.24. The predicted molar refractivity (Wildman–Crippen MR) is 90.8 cm³/mol. The molecule has 120 valence electrons. The zero-order chi connectivity index (χ0) is 15.7. The Balaban J connectivity index is 2.54. The molecule has 1 rings (SSSR count). The minimum absolute atomic E-state index is 0.380. The molecule has 0 bridgehead atoms. The standard InChI is InChI=1S/C18H32N2O/c1-15(2)13-16-7-9-17(10-8-16)18(19-3)14-20(4)11-6-12-21-5/h7-10,15,18-19H,6,11-14H2,1-5H3. The first-order chi connectivity index (χ1) is 10.1. The minimum atomic E-state index is 0.380. The Bertz CT molecular complexity index is 375. The first-order valence-corrected chi connectivity index (χ1v) is 8.00. The van der Waals surface area contributed by atoms with E-state index in [1.807, 2.05) is 7.05 Å². The van der Waals surface area contributed by atoms with Crippen LogP contribution in [0.25, 0.3) is 0 Å². The van der Waals surface area contributed by atoms with Gasteiger partial charge in [-0.05, 0) is 44.0 Å². The molecule has 0 saturated heterocycles. The molecule has 3 heteroatoms. The topological polar surface area (TPSA) is 24.5 Å². The van der Waals surface area contributed by atoms with Crippen LogP contribution in [0.15, 0.2) is 24.3 Å². The highest BCUT2D eigenvalue weighted by Gasteiger charge is 2.12. The average Bonchev–Trinajstić information content (AvgIpc) is 2.45. The van der Waals surface area contributed by atoms with E-state index < -0.39 is 0 Å². The van der Waals surface area contributed by atoms with Gasteiger partial charge >= 0.3 is 0 Å². The van der Waals surface area contributed by atoms with Crippen LogP contribution in [0.5, 0.6) is 0 Å². The number of nitrogens with one attached hydrogen (secondary N) is 1. The molecule has 0 aliphatic heterocycles. The van der Waals surface area contributed by atoms with E-state index in [4.69, 9.17) is 4.74 Å². The smallest absolute Gasteiger partial charge is 0.0474 e. The average molecular weight is 292 g/mol. The predicted octanol–water partition coefficient (Wildman–Crippen LogP) is 3.11. The van der Waals surface area contributed by atoms with E-state index in [2.05, 4.69) is 55.4 Å². The van der Waals surface area contributed by atoms with E-state index in [-0.39, 0.29) is 0 Å². The van der Waals surface area contributed by atoms with E-state index in [9.17, 15) is 0 Å². The Labute approximate surface area is 130 Å². The lowest BCUT2D eigenvalue weighted by atomic mass is 9.99. The van der Waals surface area contributed by atoms with Crippen molar-refractivity contribution in [2.45, 2.75) is 32.7 Å². The molecule has 1 aromatic carbocycles. The number of hydrogen-bond acceptors (Lipinski definition) is 3. The summed E-state index contributed by atoms with van der Waals surface area (Å²) in [5.41, 5.74) is 2.79. The van der Waals surface area contributed by atoms with Gasteiger partial charge < -0.3 is 15.0 Å². The van der Waals surface area contributed by atoms with E-state index in [0.717, 1.165) is 32.5 Å². The van der Waals surface area contributed by atoms with Gasteiger partial charge in [-0.15, -0.1) is 0 Å². The maximum atomic E-state index is 5.11. The van der Waals surface area contributed by atoms with Crippen LogP contribution in [-0.4, -0.2) is 45.8 Å². The summed E-state index contributed by atoms with van der Waals surface area (Å²) in [4.78, 5) is 2.36. The number of methoxy groups -OCH3 is 1. The van der Waals surface area contributed by atoms with E-state index in [1.54, 1.807) is 7.11 Å². The lowest BCUT2D eigenvalue weighted by Crippen LogP contribution is -2.32. The van der Waals surface area contributed by atoms with E-state index in [0.29, 0.717) is 12.0 Å². The molecule has 21 heavy (non-hydrogen) atoms. The second-order valence-electron chi connectivity index (χ2n) is 6.29. The van der Waals surface area contributed by atoms with Crippen LogP contribution in [0.3, 0.4) is 0 Å². The molecule has 0 aliphatic rings. The third-order valence-corrected chi connectivity index (χ3v) is 3.76. The number of benzene rings is 1. The van der Waals surface area contributed by atoms with Gasteiger partial charge in [-0.3, -0.25) is 0 Å². The van der Waals surface area contributed by atoms with Gasteiger partial charge in [0.1, 0.15) is 0 Å². The number of ether oxygens (including phenoxy) is 1. The molecule has 1 atom stereocenters. The molecule has 0 radical (unpaired) electrons. The molecule has 0 heterocycles. The Hall–Kier alpha value is -0.900. The van der Waals surface area contributed by atoms with Crippen LogP contribution >= 0.6 is 0 Å². The van der Waals surface area contributed by atoms with Crippen LogP contribution in [0, 0.1) is 5.92 Å². The van der Waals surface area contributed by atoms with Crippen molar-refractivity contribution >= 4 is 0 Å². The molecule has 3 nitrogen and oxygen atoms in total. The number of nitrogens with zero attached hydrogens (tertiary/aromatic N) is 1. The maximum Gasteiger partial charge on any atom is 0.0474 e. The highest BCUT2D eigenvalue weighted by atomic mass is 16.5. The molecule has 1 unspecified atom stereocenters. The van der Waals surface area contributed by atoms with Crippen molar-refractivity contribution in [1.82, 2.24) is 10.2 Å². The minimum Gasteiger partial charge on any atom is -0.385 e. The third kappa shape index (κ3) is 7.07. The normalized spacial score (nSPS) is 13.1. The fourth-order valence-electron chi connectivity index (χ4n) is 2.60. The van der Waals surface area contributed by atoms with Crippen molar-refractivity contribution < 1.29 is 4.74 Å². The van der Waals surface area contributed by atoms with Crippen molar-refractivity contribution in [3.05, 3.63) is 35.4 Å². The molecule has 0 aliphatic carbocycles. The Kier molecular flexibility index (Phi) is 8.58. The molecule has 0 fully saturated rings. The highest BCUT2D eigenvalue weighted by molar-refractivity contribution is 5.25. The summed E-state index contributed by atoms with van der Waals surface area (Å²) in [5, 5.41) is 3.43. The summed E-state index contributed by atoms with van der Waals surface area (Å²) in [6, 6.07) is 9.45. The molecule has 0 saturated carbocycles. The summed E-state index contributed by atoms with van der Waals surface area (Å²) < 4.78 is 5.11. The van der Waals surface area contributed by atoms with Crippen LogP contribution in [-0.2, 0) is 11.2 Å². The van der Waals surface area contributed by atoms with Crippen LogP contribution in [0.4, 0.5) is 0 Å². The van der Waals surface area contributed by atoms with Crippen LogP contribution < -0.4 is 5.32 Å². The zero-order valence-electron chi connectivity index (χ0n) is 14.4. The second kappa shape index (κ2) is 9.93. The van der Waals surface area contributed by atoms with Crippen molar-refractivity contribution in [1.29, 1.82) is 0 Å². The summed E-state index contributed by atoms with van der Waals surface area (Å²) in [7, 11) is 5.97. The van der Waals surface area contributed by atoms with Crippen molar-refractivity contribution in [2.24, 2.45) is 5.92 Å². The van der Waals surface area contributed by atoms with Crippen molar-refractivity contribution in [3.8, 4) is 0 Å². The van der Waals surface area contributed by atoms with Crippen molar-refractivity contribution in [2.75, 3.05) is 40.9 Å². The highest BCUT2D eigenvalue weighted by Crippen LogP contribution is 2.16. The summed E-state index contributed by atoms with van der Waals surface area (Å²) >= 11 is 0. The first-order valence-electron chi connectivity index (χ1n) is 8.00. The zero-order valence-corrected chi connectivity index (χ0v) is 14.4. The molecule has 1 aromatic rings. The first kappa shape index (κ1) is 18.1. The Morgan fingerprint density at radius 3 is 2.38 bits per heavy atom. The maximum absolute atomic E-state index is 5.11. The SMILES string of the molecule is CNC(CN(C)CCCOC)c1ccc(CC(C)C)cc1. The molecule has 0 amide bonds. The Morgan fingerprint density at radius 2 is 1.86 bits per heavy atom. The molecule has 0 spiro atoms. The van der Waals surface area contributed by atoms with E-state index in [1.165, 1.54) is 11.1 Å². The molecular formula is C18H32N2O. The van der Waals surface area contributed by atoms with Gasteiger partial charge in [0, 0.05) is 32.8 Å². The van der Waals surface area contributed by atoms with E-state index >= 15 is 0 Å². The number of rotatable bonds is 10. The third-order valence-electron chi connectivity index (χ3n) is 3.76. The monoisotopic (exact) mass is 292 g/mol. The second-order valence-corrected chi connectivity index (χ2v) is 6.29. The summed E-state index contributed by atoms with van der Waals surface area (Å²) in [5.74, 6) is 0.711. The van der Waals surface area contributed by atoms with Gasteiger partial charge in [-0.2, -0.15) is 0 Å². The number of hydrogen-bond donors (Lipinski definition) is 1. The Morgan fingerprint density at radius 1 is 1.19 bits per heavy atom. The van der Waals surface area contributed by atoms with Gasteiger partial charge in [0.25, 0.3) is 0 Å². The fraction of sp³-hybridized carbons (Fsp3) is 0.667. The summed E-state index contributed by atoms with van der Waals surface area (Å²) in [6.45, 7) is 7.44. The van der Waals surface area contributed by atoms with Crippen LogP contribution in [0.2, 0.25) is 0 Å². The number of likely N-dealkylation sites (N-methyl/N-ethyl adjacent to an activating group) is 2.